The zero-order chi connectivity index (χ0) is 17.3. The number of hydrogen-bond acceptors (Lipinski definition) is 3. The highest BCUT2D eigenvalue weighted by Crippen LogP contribution is 2.40. The third kappa shape index (κ3) is 3.44. The Morgan fingerprint density at radius 3 is 2.75 bits per heavy atom. The molecule has 1 N–H and O–H groups in total. The van der Waals surface area contributed by atoms with Crippen LogP contribution in [0.2, 0.25) is 0 Å². The first-order valence-electron chi connectivity index (χ1n) is 8.13. The topological polar surface area (TPSA) is 38.3 Å². The van der Waals surface area contributed by atoms with E-state index in [1.165, 1.54) is 0 Å². The zero-order valence-electron chi connectivity index (χ0n) is 14.6. The minimum Gasteiger partial charge on any atom is -0.487 e. The Labute approximate surface area is 147 Å². The van der Waals surface area contributed by atoms with Crippen LogP contribution in [-0.2, 0) is 0 Å². The number of rotatable bonds is 3. The van der Waals surface area contributed by atoms with E-state index in [0.717, 1.165) is 33.8 Å². The van der Waals surface area contributed by atoms with Crippen molar-refractivity contribution < 1.29 is 9.53 Å². The molecule has 0 radical (unpaired) electrons. The van der Waals surface area contributed by atoms with Crippen LogP contribution in [0.5, 0.6) is 5.75 Å². The summed E-state index contributed by atoms with van der Waals surface area (Å²) in [5, 5.41) is 3.21. The molecule has 4 heteroatoms. The van der Waals surface area contributed by atoms with Crippen LogP contribution in [0.25, 0.3) is 0 Å². The smallest absolute Gasteiger partial charge is 0.252 e. The third-order valence-electron chi connectivity index (χ3n) is 4.28. The van der Waals surface area contributed by atoms with Gasteiger partial charge in [-0.25, -0.2) is 0 Å². The summed E-state index contributed by atoms with van der Waals surface area (Å²) in [6.07, 6.45) is 2.73. The van der Waals surface area contributed by atoms with Gasteiger partial charge in [-0.1, -0.05) is 24.3 Å². The second-order valence-electron chi connectivity index (χ2n) is 6.83. The van der Waals surface area contributed by atoms with Crippen molar-refractivity contribution >= 4 is 17.7 Å². The van der Waals surface area contributed by atoms with Crippen molar-refractivity contribution in [1.29, 1.82) is 0 Å². The highest BCUT2D eigenvalue weighted by Gasteiger charge is 2.34. The number of carbonyl (C=O) groups excluding carboxylic acids is 1. The van der Waals surface area contributed by atoms with Crippen LogP contribution < -0.4 is 10.1 Å². The van der Waals surface area contributed by atoms with Crippen LogP contribution in [0, 0.1) is 6.92 Å². The second kappa shape index (κ2) is 6.52. The van der Waals surface area contributed by atoms with Gasteiger partial charge in [-0.3, -0.25) is 4.79 Å². The average Bonchev–Trinajstić information content (AvgIpc) is 2.53. The lowest BCUT2D eigenvalue weighted by Crippen LogP contribution is -2.41. The molecule has 1 heterocycles. The van der Waals surface area contributed by atoms with Gasteiger partial charge in [0, 0.05) is 16.9 Å². The fraction of sp³-hybridized carbons (Fsp3) is 0.350. The first-order valence-corrected chi connectivity index (χ1v) is 9.35. The van der Waals surface area contributed by atoms with Crippen molar-refractivity contribution in [3.8, 4) is 5.75 Å². The predicted molar refractivity (Wildman–Crippen MR) is 98.9 cm³/mol. The Hall–Kier alpha value is -1.94. The van der Waals surface area contributed by atoms with Gasteiger partial charge in [-0.05, 0) is 50.8 Å². The molecule has 0 aliphatic carbocycles. The van der Waals surface area contributed by atoms with Gasteiger partial charge in [0.2, 0.25) is 0 Å². The Morgan fingerprint density at radius 1 is 1.25 bits per heavy atom. The second-order valence-corrected chi connectivity index (χ2v) is 7.68. The Bertz CT molecular complexity index is 770. The van der Waals surface area contributed by atoms with Gasteiger partial charge >= 0.3 is 0 Å². The standard InChI is InChI=1S/C20H23NO2S/c1-13-9-10-14-16(12-20(2,3)23-17(14)11-13)21-19(22)15-7-5-6-8-18(15)24-4/h5-11,16H,12H2,1-4H3,(H,21,22). The maximum atomic E-state index is 12.8. The first kappa shape index (κ1) is 16.9. The number of hydrogen-bond donors (Lipinski definition) is 1. The lowest BCUT2D eigenvalue weighted by molar-refractivity contribution is 0.0618. The molecule has 24 heavy (non-hydrogen) atoms. The average molecular weight is 341 g/mol. The summed E-state index contributed by atoms with van der Waals surface area (Å²) in [5.74, 6) is 0.837. The fourth-order valence-corrected chi connectivity index (χ4v) is 3.75. The van der Waals surface area contributed by atoms with E-state index in [4.69, 9.17) is 4.74 Å². The molecule has 0 saturated carbocycles. The normalized spacial score (nSPS) is 18.4. The molecular formula is C20H23NO2S. The molecular weight excluding hydrogens is 318 g/mol. The molecule has 0 fully saturated rings. The van der Waals surface area contributed by atoms with Gasteiger partial charge in [-0.15, -0.1) is 11.8 Å². The summed E-state index contributed by atoms with van der Waals surface area (Å²) in [5.41, 5.74) is 2.62. The van der Waals surface area contributed by atoms with Crippen LogP contribution in [0.1, 0.15) is 47.8 Å². The molecule has 126 valence electrons. The fourth-order valence-electron chi connectivity index (χ4n) is 3.16. The van der Waals surface area contributed by atoms with E-state index in [2.05, 4.69) is 31.3 Å². The lowest BCUT2D eigenvalue weighted by Gasteiger charge is -2.38. The van der Waals surface area contributed by atoms with E-state index < -0.39 is 0 Å². The molecule has 2 aromatic carbocycles. The predicted octanol–water partition coefficient (Wildman–Crippen LogP) is 4.75. The van der Waals surface area contributed by atoms with Crippen LogP contribution >= 0.6 is 11.8 Å². The molecule has 1 unspecified atom stereocenters. The van der Waals surface area contributed by atoms with Crippen LogP contribution in [0.4, 0.5) is 0 Å². The molecule has 0 spiro atoms. The SMILES string of the molecule is CSc1ccccc1C(=O)NC1CC(C)(C)Oc2cc(C)ccc21. The van der Waals surface area contributed by atoms with Crippen molar-refractivity contribution in [3.63, 3.8) is 0 Å². The summed E-state index contributed by atoms with van der Waals surface area (Å²) in [4.78, 5) is 13.8. The van der Waals surface area contributed by atoms with Gasteiger partial charge in [0.05, 0.1) is 11.6 Å². The molecule has 1 amide bonds. The zero-order valence-corrected chi connectivity index (χ0v) is 15.4. The maximum absolute atomic E-state index is 12.8. The molecule has 0 bridgehead atoms. The molecule has 1 aliphatic rings. The quantitative estimate of drug-likeness (QED) is 0.819. The van der Waals surface area contributed by atoms with Gasteiger partial charge in [0.15, 0.2) is 0 Å². The highest BCUT2D eigenvalue weighted by molar-refractivity contribution is 7.98. The largest absolute Gasteiger partial charge is 0.487 e. The van der Waals surface area contributed by atoms with Crippen LogP contribution in [0.3, 0.4) is 0 Å². The van der Waals surface area contributed by atoms with Crippen molar-refractivity contribution in [2.45, 2.75) is 43.7 Å². The summed E-state index contributed by atoms with van der Waals surface area (Å²) in [6.45, 7) is 6.17. The van der Waals surface area contributed by atoms with Crippen molar-refractivity contribution in [3.05, 3.63) is 59.2 Å². The number of benzene rings is 2. The van der Waals surface area contributed by atoms with Crippen molar-refractivity contribution in [2.24, 2.45) is 0 Å². The van der Waals surface area contributed by atoms with Gasteiger partial charge in [-0.2, -0.15) is 0 Å². The van der Waals surface area contributed by atoms with E-state index in [9.17, 15) is 4.79 Å². The number of nitrogens with one attached hydrogen (secondary N) is 1. The summed E-state index contributed by atoms with van der Waals surface area (Å²) in [6, 6.07) is 13.8. The van der Waals surface area contributed by atoms with Gasteiger partial charge in [0.1, 0.15) is 11.4 Å². The highest BCUT2D eigenvalue weighted by atomic mass is 32.2. The van der Waals surface area contributed by atoms with E-state index in [-0.39, 0.29) is 17.6 Å². The molecule has 2 aromatic rings. The number of thioether (sulfide) groups is 1. The van der Waals surface area contributed by atoms with Crippen molar-refractivity contribution in [2.75, 3.05) is 6.26 Å². The summed E-state index contributed by atoms with van der Waals surface area (Å²) < 4.78 is 6.11. The number of amides is 1. The molecule has 0 aromatic heterocycles. The number of fused-ring (bicyclic) bond motifs is 1. The molecule has 0 saturated heterocycles. The summed E-state index contributed by atoms with van der Waals surface area (Å²) >= 11 is 1.59. The van der Waals surface area contributed by atoms with E-state index >= 15 is 0 Å². The Balaban J connectivity index is 1.91. The van der Waals surface area contributed by atoms with Crippen LogP contribution in [-0.4, -0.2) is 17.8 Å². The minimum absolute atomic E-state index is 0.0332. The third-order valence-corrected chi connectivity index (χ3v) is 5.08. The number of ether oxygens (including phenoxy) is 1. The van der Waals surface area contributed by atoms with Crippen molar-refractivity contribution in [1.82, 2.24) is 5.32 Å². The van der Waals surface area contributed by atoms with Crippen LogP contribution in [0.15, 0.2) is 47.4 Å². The minimum atomic E-state index is -0.308. The van der Waals surface area contributed by atoms with E-state index in [1.807, 2.05) is 43.5 Å². The van der Waals surface area contributed by atoms with E-state index in [1.54, 1.807) is 11.8 Å². The number of aryl methyl sites for hydroxylation is 1. The molecule has 3 rings (SSSR count). The number of carbonyl (C=O) groups is 1. The Kier molecular flexibility index (Phi) is 4.59. The monoisotopic (exact) mass is 341 g/mol. The molecule has 3 nitrogen and oxygen atoms in total. The Morgan fingerprint density at radius 2 is 2.00 bits per heavy atom. The summed E-state index contributed by atoms with van der Waals surface area (Å²) in [7, 11) is 0. The lowest BCUT2D eigenvalue weighted by atomic mass is 9.89. The van der Waals surface area contributed by atoms with Gasteiger partial charge < -0.3 is 10.1 Å². The molecule has 1 aliphatic heterocycles. The molecule has 1 atom stereocenters. The maximum Gasteiger partial charge on any atom is 0.252 e. The van der Waals surface area contributed by atoms with E-state index in [0.29, 0.717) is 0 Å². The first-order chi connectivity index (χ1) is 11.4. The van der Waals surface area contributed by atoms with Gasteiger partial charge in [0.25, 0.3) is 5.91 Å².